The maximum atomic E-state index is 12.1. The molecule has 5 heteroatoms. The number of nitrogens with one attached hydrogen (secondary N) is 1. The van der Waals surface area contributed by atoms with E-state index in [9.17, 15) is 4.79 Å². The van der Waals surface area contributed by atoms with Crippen LogP contribution >= 0.6 is 11.6 Å². The number of carbonyl (C=O) groups excluding carboxylic acids is 1. The number of pyridine rings is 1. The molecule has 2 rings (SSSR count). The number of anilines is 2. The van der Waals surface area contributed by atoms with Crippen LogP contribution in [-0.2, 0) is 0 Å². The lowest BCUT2D eigenvalue weighted by Gasteiger charge is -2.10. The monoisotopic (exact) mass is 275 g/mol. The Balaban J connectivity index is 2.28. The molecule has 0 radical (unpaired) electrons. The number of carbonyl (C=O) groups is 1. The summed E-state index contributed by atoms with van der Waals surface area (Å²) in [4.78, 5) is 16.0. The molecule has 4 nitrogen and oxygen atoms in total. The van der Waals surface area contributed by atoms with Crippen LogP contribution in [-0.4, -0.2) is 10.9 Å². The van der Waals surface area contributed by atoms with Gasteiger partial charge in [-0.1, -0.05) is 29.3 Å². The Hall–Kier alpha value is -2.07. The maximum absolute atomic E-state index is 12.1. The molecule has 0 saturated carbocycles. The summed E-state index contributed by atoms with van der Waals surface area (Å²) in [5, 5.41) is 2.94. The molecule has 0 unspecified atom stereocenters. The molecular weight excluding hydrogens is 262 g/mol. The molecule has 1 amide bonds. The van der Waals surface area contributed by atoms with Crippen LogP contribution in [0, 0.1) is 13.8 Å². The van der Waals surface area contributed by atoms with Crippen LogP contribution in [0.2, 0.25) is 5.15 Å². The summed E-state index contributed by atoms with van der Waals surface area (Å²) in [5.41, 5.74) is 9.14. The molecule has 0 atom stereocenters. The summed E-state index contributed by atoms with van der Waals surface area (Å²) in [6, 6.07) is 7.29. The number of halogens is 1. The highest BCUT2D eigenvalue weighted by atomic mass is 35.5. The first-order chi connectivity index (χ1) is 8.97. The van der Waals surface area contributed by atoms with Gasteiger partial charge in [0.1, 0.15) is 5.15 Å². The minimum atomic E-state index is -0.322. The smallest absolute Gasteiger partial charge is 0.258 e. The van der Waals surface area contributed by atoms with E-state index in [1.54, 1.807) is 0 Å². The van der Waals surface area contributed by atoms with Crippen molar-refractivity contribution >= 4 is 28.9 Å². The number of nitrogens with zero attached hydrogens (tertiary/aromatic N) is 1. The summed E-state index contributed by atoms with van der Waals surface area (Å²) in [5.74, 6) is -0.322. The van der Waals surface area contributed by atoms with Crippen molar-refractivity contribution in [1.82, 2.24) is 4.98 Å². The van der Waals surface area contributed by atoms with E-state index < -0.39 is 0 Å². The maximum Gasteiger partial charge on any atom is 0.258 e. The summed E-state index contributed by atoms with van der Waals surface area (Å²) in [7, 11) is 0. The Morgan fingerprint density at radius 3 is 2.74 bits per heavy atom. The zero-order valence-corrected chi connectivity index (χ0v) is 11.5. The average Bonchev–Trinajstić information content (AvgIpc) is 2.35. The average molecular weight is 276 g/mol. The molecule has 19 heavy (non-hydrogen) atoms. The van der Waals surface area contributed by atoms with Gasteiger partial charge in [-0.05, 0) is 31.5 Å². The number of nitrogen functional groups attached to an aromatic ring is 1. The molecule has 0 bridgehead atoms. The van der Waals surface area contributed by atoms with Crippen molar-refractivity contribution in [2.24, 2.45) is 0 Å². The van der Waals surface area contributed by atoms with Crippen LogP contribution in [0.1, 0.15) is 21.5 Å². The zero-order valence-electron chi connectivity index (χ0n) is 10.7. The topological polar surface area (TPSA) is 68.0 Å². The second kappa shape index (κ2) is 5.28. The van der Waals surface area contributed by atoms with Gasteiger partial charge in [-0.25, -0.2) is 4.98 Å². The van der Waals surface area contributed by atoms with E-state index in [2.05, 4.69) is 10.3 Å². The number of amides is 1. The van der Waals surface area contributed by atoms with Crippen molar-refractivity contribution in [3.63, 3.8) is 0 Å². The quantitative estimate of drug-likeness (QED) is 0.827. The molecule has 3 N–H and O–H groups in total. The highest BCUT2D eigenvalue weighted by molar-refractivity contribution is 6.33. The fourth-order valence-corrected chi connectivity index (χ4v) is 1.96. The van der Waals surface area contributed by atoms with Gasteiger partial charge >= 0.3 is 0 Å². The number of aromatic nitrogens is 1. The lowest BCUT2D eigenvalue weighted by Crippen LogP contribution is -2.14. The lowest BCUT2D eigenvalue weighted by molar-refractivity contribution is 0.102. The van der Waals surface area contributed by atoms with Crippen LogP contribution in [0.5, 0.6) is 0 Å². The van der Waals surface area contributed by atoms with Gasteiger partial charge in [0.25, 0.3) is 5.91 Å². The van der Waals surface area contributed by atoms with Gasteiger partial charge in [0.15, 0.2) is 0 Å². The fraction of sp³-hybridized carbons (Fsp3) is 0.143. The molecule has 0 aliphatic heterocycles. The van der Waals surface area contributed by atoms with Crippen molar-refractivity contribution in [2.75, 3.05) is 11.1 Å². The predicted octanol–water partition coefficient (Wildman–Crippen LogP) is 3.19. The minimum Gasteiger partial charge on any atom is -0.397 e. The van der Waals surface area contributed by atoms with Gasteiger partial charge in [-0.2, -0.15) is 0 Å². The number of hydrogen-bond donors (Lipinski definition) is 2. The van der Waals surface area contributed by atoms with E-state index in [1.807, 2.05) is 32.0 Å². The van der Waals surface area contributed by atoms with Crippen LogP contribution in [0.4, 0.5) is 11.4 Å². The number of hydrogen-bond acceptors (Lipinski definition) is 3. The van der Waals surface area contributed by atoms with Gasteiger partial charge in [0, 0.05) is 5.69 Å². The fourth-order valence-electron chi connectivity index (χ4n) is 1.77. The Morgan fingerprint density at radius 2 is 2.05 bits per heavy atom. The van der Waals surface area contributed by atoms with Gasteiger partial charge in [0.2, 0.25) is 0 Å². The number of nitrogens with two attached hydrogens (primary N) is 1. The number of aryl methyl sites for hydroxylation is 2. The normalized spacial score (nSPS) is 10.3. The number of benzene rings is 1. The SMILES string of the molecule is Cc1ccc(NC(=O)c2cc(N)cnc2Cl)c(C)c1. The summed E-state index contributed by atoms with van der Waals surface area (Å²) in [6.07, 6.45) is 1.41. The Kier molecular flexibility index (Phi) is 3.71. The molecule has 0 spiro atoms. The second-order valence-corrected chi connectivity index (χ2v) is 4.74. The van der Waals surface area contributed by atoms with Crippen LogP contribution < -0.4 is 11.1 Å². The Labute approximate surface area is 116 Å². The zero-order chi connectivity index (χ0) is 14.0. The van der Waals surface area contributed by atoms with E-state index in [0.717, 1.165) is 16.8 Å². The van der Waals surface area contributed by atoms with Crippen molar-refractivity contribution in [3.8, 4) is 0 Å². The van der Waals surface area contributed by atoms with Gasteiger partial charge < -0.3 is 11.1 Å². The molecule has 0 fully saturated rings. The lowest BCUT2D eigenvalue weighted by atomic mass is 10.1. The van der Waals surface area contributed by atoms with Crippen LogP contribution in [0.25, 0.3) is 0 Å². The summed E-state index contributed by atoms with van der Waals surface area (Å²) in [6.45, 7) is 3.93. The van der Waals surface area contributed by atoms with E-state index >= 15 is 0 Å². The third kappa shape index (κ3) is 3.03. The third-order valence-electron chi connectivity index (χ3n) is 2.73. The molecular formula is C14H14ClN3O. The van der Waals surface area contributed by atoms with E-state index in [1.165, 1.54) is 12.3 Å². The van der Waals surface area contributed by atoms with Gasteiger partial charge in [-0.15, -0.1) is 0 Å². The van der Waals surface area contributed by atoms with E-state index in [-0.39, 0.29) is 16.6 Å². The van der Waals surface area contributed by atoms with Crippen LogP contribution in [0.15, 0.2) is 30.5 Å². The van der Waals surface area contributed by atoms with Crippen LogP contribution in [0.3, 0.4) is 0 Å². The highest BCUT2D eigenvalue weighted by Crippen LogP contribution is 2.20. The standard InChI is InChI=1S/C14H14ClN3O/c1-8-3-4-12(9(2)5-8)18-14(19)11-6-10(16)7-17-13(11)15/h3-7H,16H2,1-2H3,(H,18,19). The van der Waals surface area contributed by atoms with Crippen molar-refractivity contribution in [1.29, 1.82) is 0 Å². The largest absolute Gasteiger partial charge is 0.397 e. The summed E-state index contributed by atoms with van der Waals surface area (Å²) >= 11 is 5.89. The highest BCUT2D eigenvalue weighted by Gasteiger charge is 2.13. The van der Waals surface area contributed by atoms with E-state index in [4.69, 9.17) is 17.3 Å². The van der Waals surface area contributed by atoms with Gasteiger partial charge in [-0.3, -0.25) is 4.79 Å². The molecule has 98 valence electrons. The summed E-state index contributed by atoms with van der Waals surface area (Å²) < 4.78 is 0. The Bertz CT molecular complexity index is 641. The third-order valence-corrected chi connectivity index (χ3v) is 3.04. The van der Waals surface area contributed by atoms with Gasteiger partial charge in [0.05, 0.1) is 17.4 Å². The molecule has 1 aromatic heterocycles. The molecule has 0 aliphatic rings. The first kappa shape index (κ1) is 13.4. The second-order valence-electron chi connectivity index (χ2n) is 4.38. The Morgan fingerprint density at radius 1 is 1.32 bits per heavy atom. The van der Waals surface area contributed by atoms with Crippen molar-refractivity contribution in [3.05, 3.63) is 52.3 Å². The number of rotatable bonds is 2. The predicted molar refractivity (Wildman–Crippen MR) is 77.5 cm³/mol. The molecule has 0 saturated heterocycles. The van der Waals surface area contributed by atoms with E-state index in [0.29, 0.717) is 5.69 Å². The minimum absolute atomic E-state index is 0.136. The molecule has 2 aromatic rings. The first-order valence-corrected chi connectivity index (χ1v) is 6.15. The molecule has 1 heterocycles. The molecule has 1 aromatic carbocycles. The van der Waals surface area contributed by atoms with Crippen molar-refractivity contribution in [2.45, 2.75) is 13.8 Å². The first-order valence-electron chi connectivity index (χ1n) is 5.77. The molecule has 0 aliphatic carbocycles. The van der Waals surface area contributed by atoms with Crippen molar-refractivity contribution < 1.29 is 4.79 Å².